The summed E-state index contributed by atoms with van der Waals surface area (Å²) in [6, 6.07) is 0. The molecule has 0 aromatic heterocycles. The van der Waals surface area contributed by atoms with E-state index in [0.717, 1.165) is 38.6 Å². The van der Waals surface area contributed by atoms with Crippen molar-refractivity contribution in [3.63, 3.8) is 0 Å². The van der Waals surface area contributed by atoms with Gasteiger partial charge in [0.25, 0.3) is 0 Å². The number of ether oxygens (including phenoxy) is 1. The molecule has 0 atom stereocenters. The van der Waals surface area contributed by atoms with Gasteiger partial charge in [-0.3, -0.25) is 0 Å². The normalized spacial score (nSPS) is 11.7. The summed E-state index contributed by atoms with van der Waals surface area (Å²) in [5, 5.41) is 3.24. The first-order valence-electron chi connectivity index (χ1n) is 5.26. The average Bonchev–Trinajstić information content (AvgIpc) is 2.15. The molecule has 0 aromatic carbocycles. The molecule has 0 aromatic rings. The van der Waals surface area contributed by atoms with Crippen LogP contribution in [-0.2, 0) is 4.74 Å². The summed E-state index contributed by atoms with van der Waals surface area (Å²) in [5.41, 5.74) is 0. The summed E-state index contributed by atoms with van der Waals surface area (Å²) in [7, 11) is 0. The van der Waals surface area contributed by atoms with Gasteiger partial charge in [-0.1, -0.05) is 26.0 Å². The van der Waals surface area contributed by atoms with E-state index in [-0.39, 0.29) is 0 Å². The van der Waals surface area contributed by atoms with Crippen molar-refractivity contribution in [2.45, 2.75) is 20.3 Å². The number of rotatable bonds is 9. The lowest BCUT2D eigenvalue weighted by atomic mass is 10.1. The molecule has 0 amide bonds. The Morgan fingerprint density at radius 2 is 2.07 bits per heavy atom. The van der Waals surface area contributed by atoms with Crippen LogP contribution in [0.15, 0.2) is 12.2 Å². The van der Waals surface area contributed by atoms with Crippen LogP contribution in [0, 0.1) is 5.92 Å². The smallest absolute Gasteiger partial charge is 0.0591 e. The van der Waals surface area contributed by atoms with Gasteiger partial charge in [-0.05, 0) is 12.3 Å². The third-order valence-electron chi connectivity index (χ3n) is 1.78. The first-order chi connectivity index (χ1) is 6.77. The van der Waals surface area contributed by atoms with E-state index in [1.54, 1.807) is 0 Å². The third-order valence-corrected chi connectivity index (χ3v) is 1.96. The zero-order chi connectivity index (χ0) is 10.6. The fourth-order valence-electron chi connectivity index (χ4n) is 0.897. The molecule has 0 radical (unpaired) electrons. The SMILES string of the molecule is CC(C)CCOCCNC/C=C/CCl. The summed E-state index contributed by atoms with van der Waals surface area (Å²) in [5.74, 6) is 1.32. The molecular formula is C11H22ClNO. The summed E-state index contributed by atoms with van der Waals surface area (Å²) >= 11 is 5.47. The number of halogens is 1. The van der Waals surface area contributed by atoms with E-state index < -0.39 is 0 Å². The van der Waals surface area contributed by atoms with E-state index in [4.69, 9.17) is 16.3 Å². The topological polar surface area (TPSA) is 21.3 Å². The molecule has 0 aliphatic heterocycles. The molecule has 1 N–H and O–H groups in total. The Labute approximate surface area is 92.7 Å². The Hall–Kier alpha value is -0.0500. The molecule has 14 heavy (non-hydrogen) atoms. The van der Waals surface area contributed by atoms with Gasteiger partial charge >= 0.3 is 0 Å². The Morgan fingerprint density at radius 1 is 1.29 bits per heavy atom. The molecule has 2 nitrogen and oxygen atoms in total. The van der Waals surface area contributed by atoms with Gasteiger partial charge in [-0.25, -0.2) is 0 Å². The number of nitrogens with one attached hydrogen (secondary N) is 1. The molecule has 0 aliphatic carbocycles. The highest BCUT2D eigenvalue weighted by Crippen LogP contribution is 1.97. The minimum Gasteiger partial charge on any atom is -0.380 e. The number of hydrogen-bond donors (Lipinski definition) is 1. The van der Waals surface area contributed by atoms with Gasteiger partial charge in [0.2, 0.25) is 0 Å². The fourth-order valence-corrected chi connectivity index (χ4v) is 1.02. The molecule has 0 bridgehead atoms. The van der Waals surface area contributed by atoms with Crippen molar-refractivity contribution in [1.82, 2.24) is 5.32 Å². The van der Waals surface area contributed by atoms with Gasteiger partial charge in [0.05, 0.1) is 6.61 Å². The first-order valence-corrected chi connectivity index (χ1v) is 5.80. The molecule has 0 unspecified atom stereocenters. The largest absolute Gasteiger partial charge is 0.380 e. The lowest BCUT2D eigenvalue weighted by molar-refractivity contribution is 0.126. The maximum absolute atomic E-state index is 5.47. The van der Waals surface area contributed by atoms with E-state index in [2.05, 4.69) is 19.2 Å². The Kier molecular flexibility index (Phi) is 11.0. The minimum absolute atomic E-state index is 0.590. The quantitative estimate of drug-likeness (QED) is 0.366. The Balaban J connectivity index is 2.95. The van der Waals surface area contributed by atoms with Gasteiger partial charge < -0.3 is 10.1 Å². The van der Waals surface area contributed by atoms with Crippen molar-refractivity contribution in [3.05, 3.63) is 12.2 Å². The predicted octanol–water partition coefficient (Wildman–Crippen LogP) is 2.43. The Bertz CT molecular complexity index is 137. The molecule has 0 fully saturated rings. The lowest BCUT2D eigenvalue weighted by Crippen LogP contribution is -2.20. The second-order valence-corrected chi connectivity index (χ2v) is 3.93. The molecule has 0 heterocycles. The van der Waals surface area contributed by atoms with E-state index in [9.17, 15) is 0 Å². The summed E-state index contributed by atoms with van der Waals surface area (Å²) in [6.07, 6.45) is 5.11. The van der Waals surface area contributed by atoms with Crippen LogP contribution in [0.25, 0.3) is 0 Å². The van der Waals surface area contributed by atoms with Crippen LogP contribution < -0.4 is 5.32 Å². The van der Waals surface area contributed by atoms with Crippen LogP contribution in [-0.4, -0.2) is 32.2 Å². The second-order valence-electron chi connectivity index (χ2n) is 3.62. The van der Waals surface area contributed by atoms with E-state index in [1.165, 1.54) is 0 Å². The monoisotopic (exact) mass is 219 g/mol. The molecule has 3 heteroatoms. The van der Waals surface area contributed by atoms with Crippen molar-refractivity contribution in [1.29, 1.82) is 0 Å². The molecule has 0 saturated heterocycles. The molecule has 0 spiro atoms. The highest BCUT2D eigenvalue weighted by Gasteiger charge is 1.92. The number of allylic oxidation sites excluding steroid dienone is 1. The fraction of sp³-hybridized carbons (Fsp3) is 0.818. The third kappa shape index (κ3) is 11.9. The second kappa shape index (κ2) is 11.0. The summed E-state index contributed by atoms with van der Waals surface area (Å²) in [6.45, 7) is 7.86. The summed E-state index contributed by atoms with van der Waals surface area (Å²) < 4.78 is 5.44. The van der Waals surface area contributed by atoms with Crippen LogP contribution in [0.5, 0.6) is 0 Å². The maximum Gasteiger partial charge on any atom is 0.0591 e. The van der Waals surface area contributed by atoms with E-state index >= 15 is 0 Å². The van der Waals surface area contributed by atoms with E-state index in [1.807, 2.05) is 12.2 Å². The molecule has 84 valence electrons. The van der Waals surface area contributed by atoms with Crippen LogP contribution in [0.3, 0.4) is 0 Å². The molecule has 0 rings (SSSR count). The van der Waals surface area contributed by atoms with Gasteiger partial charge in [0, 0.05) is 25.6 Å². The molecule has 0 saturated carbocycles. The van der Waals surface area contributed by atoms with Crippen molar-refractivity contribution >= 4 is 11.6 Å². The van der Waals surface area contributed by atoms with Crippen LogP contribution in [0.2, 0.25) is 0 Å². The molecular weight excluding hydrogens is 198 g/mol. The Morgan fingerprint density at radius 3 is 2.71 bits per heavy atom. The number of alkyl halides is 1. The zero-order valence-corrected chi connectivity index (χ0v) is 10.0. The van der Waals surface area contributed by atoms with Crippen LogP contribution >= 0.6 is 11.6 Å². The van der Waals surface area contributed by atoms with Crippen molar-refractivity contribution in [3.8, 4) is 0 Å². The van der Waals surface area contributed by atoms with E-state index in [0.29, 0.717) is 5.88 Å². The van der Waals surface area contributed by atoms with Crippen molar-refractivity contribution in [2.24, 2.45) is 5.92 Å². The van der Waals surface area contributed by atoms with Gasteiger partial charge in [0.1, 0.15) is 0 Å². The van der Waals surface area contributed by atoms with Gasteiger partial charge in [-0.2, -0.15) is 0 Å². The van der Waals surface area contributed by atoms with Crippen LogP contribution in [0.1, 0.15) is 20.3 Å². The zero-order valence-electron chi connectivity index (χ0n) is 9.26. The summed E-state index contributed by atoms with van der Waals surface area (Å²) in [4.78, 5) is 0. The van der Waals surface area contributed by atoms with Crippen molar-refractivity contribution in [2.75, 3.05) is 32.2 Å². The van der Waals surface area contributed by atoms with Crippen LogP contribution in [0.4, 0.5) is 0 Å². The highest BCUT2D eigenvalue weighted by atomic mass is 35.5. The maximum atomic E-state index is 5.47. The lowest BCUT2D eigenvalue weighted by Gasteiger charge is -2.06. The number of hydrogen-bond acceptors (Lipinski definition) is 2. The van der Waals surface area contributed by atoms with Gasteiger partial charge in [-0.15, -0.1) is 11.6 Å². The first kappa shape index (κ1) is 13.9. The highest BCUT2D eigenvalue weighted by molar-refractivity contribution is 6.18. The van der Waals surface area contributed by atoms with Gasteiger partial charge in [0.15, 0.2) is 0 Å². The standard InChI is InChI=1S/C11H22ClNO/c1-11(2)5-9-14-10-8-13-7-4-3-6-12/h3-4,11,13H,5-10H2,1-2H3/b4-3+. The minimum atomic E-state index is 0.590. The van der Waals surface area contributed by atoms with Crippen molar-refractivity contribution < 1.29 is 4.74 Å². The predicted molar refractivity (Wildman–Crippen MR) is 63.0 cm³/mol. The average molecular weight is 220 g/mol. The molecule has 0 aliphatic rings.